The molecule has 8 heteroatoms. The van der Waals surface area contributed by atoms with Gasteiger partial charge in [-0.05, 0) is 55.8 Å². The molecule has 0 radical (unpaired) electrons. The Morgan fingerprint density at radius 1 is 1.07 bits per heavy atom. The van der Waals surface area contributed by atoms with E-state index in [1.807, 2.05) is 31.4 Å². The van der Waals surface area contributed by atoms with Crippen molar-refractivity contribution in [1.82, 2.24) is 14.5 Å². The Kier molecular flexibility index (Phi) is 5.48. The van der Waals surface area contributed by atoms with E-state index in [0.29, 0.717) is 27.1 Å². The number of aryl methyl sites for hydroxylation is 2. The molecule has 0 unspecified atom stereocenters. The third kappa shape index (κ3) is 4.32. The van der Waals surface area contributed by atoms with Gasteiger partial charge in [-0.25, -0.2) is 4.98 Å². The van der Waals surface area contributed by atoms with Gasteiger partial charge < -0.3 is 0 Å². The first-order valence-electron chi connectivity index (χ1n) is 9.10. The predicted octanol–water partition coefficient (Wildman–Crippen LogP) is 4.88. The highest BCUT2D eigenvalue weighted by Gasteiger charge is 2.13. The van der Waals surface area contributed by atoms with Gasteiger partial charge in [-0.1, -0.05) is 17.7 Å². The van der Waals surface area contributed by atoms with Crippen LogP contribution < -0.4 is 10.9 Å². The topological polar surface area (TPSA) is 76.9 Å². The van der Waals surface area contributed by atoms with E-state index in [1.165, 1.54) is 34.2 Å². The van der Waals surface area contributed by atoms with Crippen molar-refractivity contribution < 1.29 is 4.79 Å². The summed E-state index contributed by atoms with van der Waals surface area (Å²) in [4.78, 5) is 34.0. The molecule has 0 aliphatic carbocycles. The van der Waals surface area contributed by atoms with Crippen molar-refractivity contribution in [1.29, 1.82) is 0 Å². The maximum atomic E-state index is 12.7. The van der Waals surface area contributed by atoms with Crippen LogP contribution in [-0.4, -0.2) is 20.4 Å². The molecule has 0 spiro atoms. The highest BCUT2D eigenvalue weighted by molar-refractivity contribution is 7.14. The van der Waals surface area contributed by atoms with Crippen LogP contribution in [-0.2, 0) is 0 Å². The average Bonchev–Trinajstić information content (AvgIpc) is 3.16. The van der Waals surface area contributed by atoms with Crippen molar-refractivity contribution >= 4 is 34.0 Å². The number of amides is 1. The van der Waals surface area contributed by atoms with Gasteiger partial charge in [0.2, 0.25) is 0 Å². The van der Waals surface area contributed by atoms with Gasteiger partial charge in [-0.15, -0.1) is 11.3 Å². The first-order chi connectivity index (χ1) is 14.4. The molecule has 1 N–H and O–H groups in total. The fourth-order valence-electron chi connectivity index (χ4n) is 3.04. The zero-order valence-corrected chi connectivity index (χ0v) is 17.8. The number of anilines is 1. The van der Waals surface area contributed by atoms with E-state index in [2.05, 4.69) is 15.3 Å². The SMILES string of the molecule is Cc1cc(C)nc(-c2csc(NC(=O)c3ccc(=O)n(-c4cccc(Cl)c4)c3)n2)c1. The Labute approximate surface area is 181 Å². The Balaban J connectivity index is 1.58. The molecule has 30 heavy (non-hydrogen) atoms. The number of thiazole rings is 1. The molecule has 0 bridgehead atoms. The van der Waals surface area contributed by atoms with Gasteiger partial charge in [-0.2, -0.15) is 0 Å². The van der Waals surface area contributed by atoms with Gasteiger partial charge in [0.25, 0.3) is 11.5 Å². The van der Waals surface area contributed by atoms with E-state index >= 15 is 0 Å². The second-order valence-electron chi connectivity index (χ2n) is 6.77. The predicted molar refractivity (Wildman–Crippen MR) is 120 cm³/mol. The van der Waals surface area contributed by atoms with Gasteiger partial charge in [0.15, 0.2) is 5.13 Å². The molecule has 1 aromatic carbocycles. The third-order valence-electron chi connectivity index (χ3n) is 4.34. The zero-order valence-electron chi connectivity index (χ0n) is 16.2. The Bertz CT molecular complexity index is 1290. The minimum atomic E-state index is -0.361. The summed E-state index contributed by atoms with van der Waals surface area (Å²) >= 11 is 7.34. The molecule has 0 saturated carbocycles. The molecule has 0 atom stereocenters. The number of rotatable bonds is 4. The fraction of sp³-hybridized carbons (Fsp3) is 0.0909. The number of nitrogens with one attached hydrogen (secondary N) is 1. The highest BCUT2D eigenvalue weighted by Crippen LogP contribution is 2.25. The average molecular weight is 437 g/mol. The summed E-state index contributed by atoms with van der Waals surface area (Å²) in [5.74, 6) is -0.361. The lowest BCUT2D eigenvalue weighted by Crippen LogP contribution is -2.20. The third-order valence-corrected chi connectivity index (χ3v) is 5.34. The van der Waals surface area contributed by atoms with Crippen molar-refractivity contribution in [2.24, 2.45) is 0 Å². The largest absolute Gasteiger partial charge is 0.298 e. The van der Waals surface area contributed by atoms with Crippen LogP contribution in [0.1, 0.15) is 21.6 Å². The van der Waals surface area contributed by atoms with E-state index < -0.39 is 0 Å². The number of pyridine rings is 2. The molecule has 4 rings (SSSR count). The number of hydrogen-bond donors (Lipinski definition) is 1. The van der Waals surface area contributed by atoms with E-state index in [4.69, 9.17) is 11.6 Å². The standard InChI is InChI=1S/C22H17ClN4O2S/c1-13-8-14(2)24-18(9-13)19-12-30-22(25-19)26-21(29)15-6-7-20(28)27(11-15)17-5-3-4-16(23)10-17/h3-12H,1-2H3,(H,25,26,29). The van der Waals surface area contributed by atoms with Crippen LogP contribution in [0.3, 0.4) is 0 Å². The summed E-state index contributed by atoms with van der Waals surface area (Å²) in [7, 11) is 0. The van der Waals surface area contributed by atoms with E-state index in [9.17, 15) is 9.59 Å². The molecule has 6 nitrogen and oxygen atoms in total. The summed E-state index contributed by atoms with van der Waals surface area (Å²) in [6, 6.07) is 13.7. The van der Waals surface area contributed by atoms with Crippen LogP contribution in [0.15, 0.2) is 64.9 Å². The second kappa shape index (κ2) is 8.22. The van der Waals surface area contributed by atoms with Gasteiger partial charge in [0, 0.05) is 28.4 Å². The number of halogens is 1. The first kappa shape index (κ1) is 20.0. The van der Waals surface area contributed by atoms with Crippen molar-refractivity contribution in [3.63, 3.8) is 0 Å². The molecular weight excluding hydrogens is 420 g/mol. The molecule has 4 aromatic rings. The quantitative estimate of drug-likeness (QED) is 0.494. The van der Waals surface area contributed by atoms with E-state index in [1.54, 1.807) is 24.3 Å². The van der Waals surface area contributed by atoms with Gasteiger partial charge in [-0.3, -0.25) is 24.5 Å². The number of hydrogen-bond acceptors (Lipinski definition) is 5. The molecule has 0 aliphatic heterocycles. The normalized spacial score (nSPS) is 10.8. The lowest BCUT2D eigenvalue weighted by atomic mass is 10.2. The summed E-state index contributed by atoms with van der Waals surface area (Å²) in [6.45, 7) is 3.93. The van der Waals surface area contributed by atoms with Crippen LogP contribution in [0.4, 0.5) is 5.13 Å². The summed E-state index contributed by atoms with van der Waals surface area (Å²) < 4.78 is 1.38. The van der Waals surface area contributed by atoms with Crippen molar-refractivity contribution in [3.8, 4) is 17.1 Å². The van der Waals surface area contributed by atoms with E-state index in [0.717, 1.165) is 17.0 Å². The molecule has 0 saturated heterocycles. The number of benzene rings is 1. The van der Waals surface area contributed by atoms with Gasteiger partial charge >= 0.3 is 0 Å². The Hall–Kier alpha value is -3.29. The molecule has 1 amide bonds. The van der Waals surface area contributed by atoms with Crippen LogP contribution in [0.25, 0.3) is 17.1 Å². The van der Waals surface area contributed by atoms with E-state index in [-0.39, 0.29) is 11.5 Å². The molecule has 3 aromatic heterocycles. The minimum absolute atomic E-state index is 0.258. The molecule has 0 fully saturated rings. The van der Waals surface area contributed by atoms with Gasteiger partial charge in [0.05, 0.1) is 16.9 Å². The highest BCUT2D eigenvalue weighted by atomic mass is 35.5. The number of nitrogens with zero attached hydrogens (tertiary/aromatic N) is 3. The van der Waals surface area contributed by atoms with Crippen LogP contribution in [0.5, 0.6) is 0 Å². The monoisotopic (exact) mass is 436 g/mol. The number of carbonyl (C=O) groups excluding carboxylic acids is 1. The summed E-state index contributed by atoms with van der Waals surface area (Å²) in [5, 5.41) is 5.60. The maximum absolute atomic E-state index is 12.7. The van der Waals surface area contributed by atoms with Crippen molar-refractivity contribution in [3.05, 3.63) is 92.3 Å². The minimum Gasteiger partial charge on any atom is -0.298 e. The summed E-state index contributed by atoms with van der Waals surface area (Å²) in [5.41, 5.74) is 4.12. The van der Waals surface area contributed by atoms with Crippen LogP contribution in [0, 0.1) is 13.8 Å². The van der Waals surface area contributed by atoms with Crippen LogP contribution in [0.2, 0.25) is 5.02 Å². The van der Waals surface area contributed by atoms with Crippen LogP contribution >= 0.6 is 22.9 Å². The molecule has 3 heterocycles. The lowest BCUT2D eigenvalue weighted by molar-refractivity contribution is 0.102. The molecular formula is C22H17ClN4O2S. The summed E-state index contributed by atoms with van der Waals surface area (Å²) in [6.07, 6.45) is 1.49. The molecule has 150 valence electrons. The Morgan fingerprint density at radius 3 is 2.67 bits per heavy atom. The van der Waals surface area contributed by atoms with Crippen molar-refractivity contribution in [2.45, 2.75) is 13.8 Å². The van der Waals surface area contributed by atoms with Crippen molar-refractivity contribution in [2.75, 3.05) is 5.32 Å². The first-order valence-corrected chi connectivity index (χ1v) is 10.4. The number of carbonyl (C=O) groups is 1. The van der Waals surface area contributed by atoms with Gasteiger partial charge in [0.1, 0.15) is 5.69 Å². The Morgan fingerprint density at radius 2 is 1.90 bits per heavy atom. The smallest absolute Gasteiger partial charge is 0.258 e. The number of aromatic nitrogens is 3. The fourth-order valence-corrected chi connectivity index (χ4v) is 3.92. The zero-order chi connectivity index (χ0) is 21.3. The maximum Gasteiger partial charge on any atom is 0.258 e. The second-order valence-corrected chi connectivity index (χ2v) is 8.06. The lowest BCUT2D eigenvalue weighted by Gasteiger charge is -2.08. The molecule has 0 aliphatic rings.